The summed E-state index contributed by atoms with van der Waals surface area (Å²) in [6, 6.07) is 3.81. The van der Waals surface area contributed by atoms with Crippen molar-refractivity contribution in [2.75, 3.05) is 31.5 Å². The molecular formula is C15H22N4O2. The molecular weight excluding hydrogens is 268 g/mol. The fourth-order valence-electron chi connectivity index (χ4n) is 2.28. The fraction of sp³-hybridized carbons (Fsp3) is 0.533. The molecule has 0 unspecified atom stereocenters. The lowest BCUT2D eigenvalue weighted by molar-refractivity contribution is -0.150. The van der Waals surface area contributed by atoms with Crippen LogP contribution < -0.4 is 5.32 Å². The average Bonchev–Trinajstić information content (AvgIpc) is 2.49. The summed E-state index contributed by atoms with van der Waals surface area (Å²) in [5.74, 6) is 0.812. The van der Waals surface area contributed by atoms with Crippen molar-refractivity contribution in [2.45, 2.75) is 26.8 Å². The van der Waals surface area contributed by atoms with E-state index in [0.29, 0.717) is 13.1 Å². The van der Waals surface area contributed by atoms with E-state index in [9.17, 15) is 9.59 Å². The molecule has 0 spiro atoms. The van der Waals surface area contributed by atoms with Crippen LogP contribution >= 0.6 is 0 Å². The van der Waals surface area contributed by atoms with Crippen molar-refractivity contribution < 1.29 is 9.59 Å². The van der Waals surface area contributed by atoms with Gasteiger partial charge in [0.1, 0.15) is 12.4 Å². The van der Waals surface area contributed by atoms with Crippen LogP contribution in [0.15, 0.2) is 18.3 Å². The summed E-state index contributed by atoms with van der Waals surface area (Å²) in [5.41, 5.74) is 0.981. The van der Waals surface area contributed by atoms with Crippen molar-refractivity contribution in [3.05, 3.63) is 23.9 Å². The van der Waals surface area contributed by atoms with Crippen LogP contribution in [0.5, 0.6) is 0 Å². The highest BCUT2D eigenvalue weighted by molar-refractivity contribution is 5.92. The minimum absolute atomic E-state index is 0.00340. The molecule has 1 N–H and O–H groups in total. The van der Waals surface area contributed by atoms with E-state index in [1.54, 1.807) is 16.0 Å². The van der Waals surface area contributed by atoms with Gasteiger partial charge in [0.05, 0.1) is 6.54 Å². The zero-order valence-corrected chi connectivity index (χ0v) is 12.6. The number of likely N-dealkylation sites (N-methyl/N-ethyl adjacent to an activating group) is 1. The third kappa shape index (κ3) is 3.93. The van der Waals surface area contributed by atoms with E-state index >= 15 is 0 Å². The first-order chi connectivity index (χ1) is 10.1. The predicted octanol–water partition coefficient (Wildman–Crippen LogP) is 1.09. The Hall–Kier alpha value is -2.11. The number of piperazine rings is 1. The molecule has 0 aromatic carbocycles. The van der Waals surface area contributed by atoms with Gasteiger partial charge in [-0.25, -0.2) is 4.98 Å². The molecule has 1 aromatic heterocycles. The number of amides is 2. The van der Waals surface area contributed by atoms with E-state index < -0.39 is 0 Å². The van der Waals surface area contributed by atoms with Gasteiger partial charge >= 0.3 is 0 Å². The summed E-state index contributed by atoms with van der Waals surface area (Å²) >= 11 is 0. The van der Waals surface area contributed by atoms with E-state index in [1.807, 2.05) is 19.1 Å². The Morgan fingerprint density at radius 1 is 1.19 bits per heavy atom. The van der Waals surface area contributed by atoms with Gasteiger partial charge in [0.2, 0.25) is 11.8 Å². The van der Waals surface area contributed by atoms with Crippen molar-refractivity contribution in [3.8, 4) is 0 Å². The van der Waals surface area contributed by atoms with Gasteiger partial charge < -0.3 is 15.1 Å². The van der Waals surface area contributed by atoms with E-state index in [1.165, 1.54) is 0 Å². The van der Waals surface area contributed by atoms with Gasteiger partial charge in [0.15, 0.2) is 0 Å². The van der Waals surface area contributed by atoms with E-state index in [-0.39, 0.29) is 24.9 Å². The summed E-state index contributed by atoms with van der Waals surface area (Å²) < 4.78 is 0. The predicted molar refractivity (Wildman–Crippen MR) is 80.7 cm³/mol. The van der Waals surface area contributed by atoms with Crippen LogP contribution in [0.3, 0.4) is 0 Å². The van der Waals surface area contributed by atoms with Crippen LogP contribution in [-0.4, -0.2) is 52.8 Å². The Morgan fingerprint density at radius 3 is 2.62 bits per heavy atom. The number of anilines is 1. The van der Waals surface area contributed by atoms with Crippen LogP contribution in [0.2, 0.25) is 0 Å². The SMILES string of the molecule is CCCNc1cc(CN2CC(=O)N(CC)CC2=O)ccn1. The zero-order chi connectivity index (χ0) is 15.2. The minimum atomic E-state index is -0.00340. The van der Waals surface area contributed by atoms with Gasteiger partial charge in [-0.15, -0.1) is 0 Å². The number of hydrogen-bond donors (Lipinski definition) is 1. The smallest absolute Gasteiger partial charge is 0.242 e. The number of rotatable bonds is 6. The molecule has 21 heavy (non-hydrogen) atoms. The van der Waals surface area contributed by atoms with E-state index in [2.05, 4.69) is 17.2 Å². The zero-order valence-electron chi connectivity index (χ0n) is 12.6. The molecule has 1 aliphatic rings. The van der Waals surface area contributed by atoms with Gasteiger partial charge in [-0.05, 0) is 31.0 Å². The molecule has 1 fully saturated rings. The number of aromatic nitrogens is 1. The van der Waals surface area contributed by atoms with Crippen molar-refractivity contribution in [3.63, 3.8) is 0 Å². The minimum Gasteiger partial charge on any atom is -0.370 e. The Bertz CT molecular complexity index is 518. The number of nitrogens with one attached hydrogen (secondary N) is 1. The van der Waals surface area contributed by atoms with Gasteiger partial charge in [-0.2, -0.15) is 0 Å². The monoisotopic (exact) mass is 290 g/mol. The van der Waals surface area contributed by atoms with Gasteiger partial charge in [-0.3, -0.25) is 9.59 Å². The van der Waals surface area contributed by atoms with Crippen molar-refractivity contribution in [2.24, 2.45) is 0 Å². The molecule has 0 bridgehead atoms. The van der Waals surface area contributed by atoms with Crippen LogP contribution in [0.4, 0.5) is 5.82 Å². The molecule has 2 heterocycles. The lowest BCUT2D eigenvalue weighted by atomic mass is 10.2. The Balaban J connectivity index is 2.01. The standard InChI is InChI=1S/C15H22N4O2/c1-3-6-16-13-8-12(5-7-17-13)9-19-11-14(20)18(4-2)10-15(19)21/h5,7-8H,3-4,6,9-11H2,1-2H3,(H,16,17). The lowest BCUT2D eigenvalue weighted by Gasteiger charge is -2.33. The number of carbonyl (C=O) groups excluding carboxylic acids is 2. The summed E-state index contributed by atoms with van der Waals surface area (Å²) in [6.45, 7) is 6.21. The molecule has 1 saturated heterocycles. The highest BCUT2D eigenvalue weighted by Crippen LogP contribution is 2.13. The highest BCUT2D eigenvalue weighted by Gasteiger charge is 2.28. The maximum Gasteiger partial charge on any atom is 0.242 e. The maximum absolute atomic E-state index is 12.1. The van der Waals surface area contributed by atoms with E-state index in [0.717, 1.165) is 24.3 Å². The normalized spacial score (nSPS) is 15.5. The number of pyridine rings is 1. The van der Waals surface area contributed by atoms with Gasteiger partial charge in [-0.1, -0.05) is 6.92 Å². The van der Waals surface area contributed by atoms with E-state index in [4.69, 9.17) is 0 Å². The first-order valence-corrected chi connectivity index (χ1v) is 7.38. The molecule has 2 amide bonds. The third-order valence-electron chi connectivity index (χ3n) is 3.49. The number of carbonyl (C=O) groups is 2. The largest absolute Gasteiger partial charge is 0.370 e. The third-order valence-corrected chi connectivity index (χ3v) is 3.49. The first kappa shape index (κ1) is 15.3. The molecule has 0 radical (unpaired) electrons. The maximum atomic E-state index is 12.1. The molecule has 0 aliphatic carbocycles. The Labute approximate surface area is 125 Å². The van der Waals surface area contributed by atoms with Crippen LogP contribution in [0.1, 0.15) is 25.8 Å². The molecule has 0 saturated carbocycles. The Kier molecular flexibility index (Phi) is 5.14. The second-order valence-corrected chi connectivity index (χ2v) is 5.13. The molecule has 1 aromatic rings. The molecule has 6 heteroatoms. The van der Waals surface area contributed by atoms with Crippen LogP contribution in [-0.2, 0) is 16.1 Å². The number of nitrogens with zero attached hydrogens (tertiary/aromatic N) is 3. The molecule has 2 rings (SSSR count). The van der Waals surface area contributed by atoms with Crippen molar-refractivity contribution >= 4 is 17.6 Å². The van der Waals surface area contributed by atoms with Gasteiger partial charge in [0.25, 0.3) is 0 Å². The summed E-state index contributed by atoms with van der Waals surface area (Å²) in [5, 5.41) is 3.22. The summed E-state index contributed by atoms with van der Waals surface area (Å²) in [4.78, 5) is 31.4. The molecule has 6 nitrogen and oxygen atoms in total. The van der Waals surface area contributed by atoms with Crippen molar-refractivity contribution in [1.82, 2.24) is 14.8 Å². The summed E-state index contributed by atoms with van der Waals surface area (Å²) in [6.07, 6.45) is 2.75. The van der Waals surface area contributed by atoms with Crippen LogP contribution in [0, 0.1) is 0 Å². The highest BCUT2D eigenvalue weighted by atomic mass is 16.2. The topological polar surface area (TPSA) is 65.5 Å². The molecule has 0 atom stereocenters. The molecule has 1 aliphatic heterocycles. The molecule has 114 valence electrons. The van der Waals surface area contributed by atoms with Crippen LogP contribution in [0.25, 0.3) is 0 Å². The second-order valence-electron chi connectivity index (χ2n) is 5.13. The summed E-state index contributed by atoms with van der Waals surface area (Å²) in [7, 11) is 0. The second kappa shape index (κ2) is 7.06. The fourth-order valence-corrected chi connectivity index (χ4v) is 2.28. The quantitative estimate of drug-likeness (QED) is 0.852. The van der Waals surface area contributed by atoms with Crippen molar-refractivity contribution in [1.29, 1.82) is 0 Å². The van der Waals surface area contributed by atoms with Gasteiger partial charge in [0, 0.05) is 25.8 Å². The number of hydrogen-bond acceptors (Lipinski definition) is 4. The lowest BCUT2D eigenvalue weighted by Crippen LogP contribution is -2.53. The average molecular weight is 290 g/mol. The Morgan fingerprint density at radius 2 is 1.90 bits per heavy atom. The first-order valence-electron chi connectivity index (χ1n) is 7.38.